The molecule has 2 aromatic rings. The smallest absolute Gasteiger partial charge is 0.114 e. The molecule has 96 valence electrons. The third kappa shape index (κ3) is 2.79. The van der Waals surface area contributed by atoms with E-state index in [-0.39, 0.29) is 6.04 Å². The Labute approximate surface area is 113 Å². The minimum atomic E-state index is 0.217. The van der Waals surface area contributed by atoms with Gasteiger partial charge in [-0.1, -0.05) is 30.7 Å². The molecule has 1 unspecified atom stereocenters. The van der Waals surface area contributed by atoms with Crippen LogP contribution in [-0.2, 0) is 0 Å². The molecule has 1 N–H and O–H groups in total. The van der Waals surface area contributed by atoms with Crippen LogP contribution in [0.25, 0.3) is 0 Å². The maximum absolute atomic E-state index is 4.63. The molecule has 0 aliphatic heterocycles. The van der Waals surface area contributed by atoms with Crippen molar-refractivity contribution in [1.82, 2.24) is 10.3 Å². The number of hydrogen-bond donors (Lipinski definition) is 1. The Kier molecular flexibility index (Phi) is 4.15. The van der Waals surface area contributed by atoms with Gasteiger partial charge in [-0.2, -0.15) is 0 Å². The van der Waals surface area contributed by atoms with E-state index in [0.717, 1.165) is 17.2 Å². The molecule has 0 aliphatic carbocycles. The average Bonchev–Trinajstić information content (AvgIpc) is 2.73. The molecule has 1 aromatic carbocycles. The van der Waals surface area contributed by atoms with Crippen LogP contribution in [0.3, 0.4) is 0 Å². The van der Waals surface area contributed by atoms with Crippen LogP contribution in [0.5, 0.6) is 0 Å². The van der Waals surface area contributed by atoms with Crippen molar-refractivity contribution in [1.29, 1.82) is 0 Å². The second kappa shape index (κ2) is 5.63. The van der Waals surface area contributed by atoms with Crippen molar-refractivity contribution in [2.45, 2.75) is 33.7 Å². The quantitative estimate of drug-likeness (QED) is 0.905. The average molecular weight is 260 g/mol. The minimum absolute atomic E-state index is 0.217. The highest BCUT2D eigenvalue weighted by molar-refractivity contribution is 7.09. The summed E-state index contributed by atoms with van der Waals surface area (Å²) in [4.78, 5) is 4.63. The Hall–Kier alpha value is -1.19. The molecule has 0 spiro atoms. The molecule has 0 fully saturated rings. The van der Waals surface area contributed by atoms with E-state index in [2.05, 4.69) is 54.7 Å². The molecule has 1 heterocycles. The van der Waals surface area contributed by atoms with E-state index in [0.29, 0.717) is 0 Å². The number of nitrogens with one attached hydrogen (secondary N) is 1. The molecule has 0 bridgehead atoms. The zero-order chi connectivity index (χ0) is 13.1. The van der Waals surface area contributed by atoms with E-state index in [1.54, 1.807) is 11.3 Å². The van der Waals surface area contributed by atoms with Crippen molar-refractivity contribution in [3.63, 3.8) is 0 Å². The summed E-state index contributed by atoms with van der Waals surface area (Å²) in [6.45, 7) is 9.43. The fourth-order valence-electron chi connectivity index (χ4n) is 2.19. The molecular weight excluding hydrogens is 240 g/mol. The first kappa shape index (κ1) is 13.2. The van der Waals surface area contributed by atoms with Crippen LogP contribution in [0.2, 0.25) is 0 Å². The largest absolute Gasteiger partial charge is 0.305 e. The van der Waals surface area contributed by atoms with Crippen LogP contribution in [0, 0.1) is 20.8 Å². The first-order chi connectivity index (χ1) is 8.61. The summed E-state index contributed by atoms with van der Waals surface area (Å²) in [5.41, 5.74) is 5.06. The molecule has 3 heteroatoms. The molecule has 2 nitrogen and oxygen atoms in total. The predicted octanol–water partition coefficient (Wildman–Crippen LogP) is 3.77. The summed E-state index contributed by atoms with van der Waals surface area (Å²) in [5.74, 6) is 0. The number of benzene rings is 1. The van der Waals surface area contributed by atoms with Crippen molar-refractivity contribution in [2.75, 3.05) is 6.54 Å². The summed E-state index contributed by atoms with van der Waals surface area (Å²) < 4.78 is 0. The number of rotatable bonds is 4. The third-order valence-electron chi connectivity index (χ3n) is 3.03. The SMILES string of the molecule is CCNC(c1nc(C)cs1)c1ccc(C)cc1C. The Morgan fingerprint density at radius 1 is 1.28 bits per heavy atom. The van der Waals surface area contributed by atoms with E-state index in [1.165, 1.54) is 16.7 Å². The van der Waals surface area contributed by atoms with Gasteiger partial charge in [0, 0.05) is 11.1 Å². The van der Waals surface area contributed by atoms with Gasteiger partial charge in [0.15, 0.2) is 0 Å². The minimum Gasteiger partial charge on any atom is -0.305 e. The van der Waals surface area contributed by atoms with Gasteiger partial charge in [-0.05, 0) is 38.4 Å². The molecule has 0 aliphatic rings. The van der Waals surface area contributed by atoms with Gasteiger partial charge < -0.3 is 5.32 Å². The lowest BCUT2D eigenvalue weighted by molar-refractivity contribution is 0.623. The molecule has 2 rings (SSSR count). The molecule has 0 radical (unpaired) electrons. The van der Waals surface area contributed by atoms with Crippen molar-refractivity contribution in [3.8, 4) is 0 Å². The third-order valence-corrected chi connectivity index (χ3v) is 4.06. The number of aryl methyl sites for hydroxylation is 3. The maximum atomic E-state index is 4.63. The van der Waals surface area contributed by atoms with Crippen molar-refractivity contribution < 1.29 is 0 Å². The molecule has 0 saturated heterocycles. The van der Waals surface area contributed by atoms with Gasteiger partial charge in [-0.3, -0.25) is 0 Å². The van der Waals surface area contributed by atoms with E-state index in [9.17, 15) is 0 Å². The van der Waals surface area contributed by atoms with Gasteiger partial charge in [-0.15, -0.1) is 11.3 Å². The van der Waals surface area contributed by atoms with Gasteiger partial charge in [0.05, 0.1) is 6.04 Å². The van der Waals surface area contributed by atoms with Crippen LogP contribution in [0.15, 0.2) is 23.6 Å². The zero-order valence-corrected chi connectivity index (χ0v) is 12.3. The van der Waals surface area contributed by atoms with Crippen LogP contribution < -0.4 is 5.32 Å². The molecule has 1 atom stereocenters. The van der Waals surface area contributed by atoms with Crippen molar-refractivity contribution in [2.24, 2.45) is 0 Å². The molecular formula is C15H20N2S. The number of hydrogen-bond acceptors (Lipinski definition) is 3. The lowest BCUT2D eigenvalue weighted by Gasteiger charge is -2.18. The van der Waals surface area contributed by atoms with Crippen LogP contribution in [0.4, 0.5) is 0 Å². The summed E-state index contributed by atoms with van der Waals surface area (Å²) in [6, 6.07) is 6.84. The van der Waals surface area contributed by atoms with E-state index < -0.39 is 0 Å². The van der Waals surface area contributed by atoms with E-state index in [1.807, 2.05) is 6.92 Å². The topological polar surface area (TPSA) is 24.9 Å². The molecule has 18 heavy (non-hydrogen) atoms. The van der Waals surface area contributed by atoms with Gasteiger partial charge in [0.25, 0.3) is 0 Å². The number of thiazole rings is 1. The lowest BCUT2D eigenvalue weighted by Crippen LogP contribution is -2.22. The fourth-order valence-corrected chi connectivity index (χ4v) is 3.08. The standard InChI is InChI=1S/C15H20N2S/c1-5-16-14(15-17-12(4)9-18-15)13-7-6-10(2)8-11(13)3/h6-9,14,16H,5H2,1-4H3. The summed E-state index contributed by atoms with van der Waals surface area (Å²) in [5, 5.41) is 6.80. The predicted molar refractivity (Wildman–Crippen MR) is 78.3 cm³/mol. The highest BCUT2D eigenvalue weighted by atomic mass is 32.1. The summed E-state index contributed by atoms with van der Waals surface area (Å²) in [6.07, 6.45) is 0. The van der Waals surface area contributed by atoms with E-state index >= 15 is 0 Å². The molecule has 0 saturated carbocycles. The number of aromatic nitrogens is 1. The zero-order valence-electron chi connectivity index (χ0n) is 11.4. The summed E-state index contributed by atoms with van der Waals surface area (Å²) in [7, 11) is 0. The number of nitrogens with zero attached hydrogens (tertiary/aromatic N) is 1. The fraction of sp³-hybridized carbons (Fsp3) is 0.400. The van der Waals surface area contributed by atoms with Gasteiger partial charge in [0.1, 0.15) is 5.01 Å². The second-order valence-corrected chi connectivity index (χ2v) is 5.57. The van der Waals surface area contributed by atoms with Gasteiger partial charge in [0.2, 0.25) is 0 Å². The molecule has 0 amide bonds. The monoisotopic (exact) mass is 260 g/mol. The highest BCUT2D eigenvalue weighted by Gasteiger charge is 2.18. The Morgan fingerprint density at radius 3 is 2.61 bits per heavy atom. The summed E-state index contributed by atoms with van der Waals surface area (Å²) >= 11 is 1.73. The maximum Gasteiger partial charge on any atom is 0.114 e. The Bertz CT molecular complexity index is 531. The highest BCUT2D eigenvalue weighted by Crippen LogP contribution is 2.27. The van der Waals surface area contributed by atoms with E-state index in [4.69, 9.17) is 0 Å². The van der Waals surface area contributed by atoms with Crippen LogP contribution in [-0.4, -0.2) is 11.5 Å². The van der Waals surface area contributed by atoms with Crippen LogP contribution in [0.1, 0.15) is 40.4 Å². The second-order valence-electron chi connectivity index (χ2n) is 4.68. The lowest BCUT2D eigenvalue weighted by atomic mass is 9.99. The van der Waals surface area contributed by atoms with Gasteiger partial charge in [-0.25, -0.2) is 4.98 Å². The first-order valence-corrected chi connectivity index (χ1v) is 7.22. The Morgan fingerprint density at radius 2 is 2.06 bits per heavy atom. The van der Waals surface area contributed by atoms with Gasteiger partial charge >= 0.3 is 0 Å². The van der Waals surface area contributed by atoms with Crippen molar-refractivity contribution in [3.05, 3.63) is 51.0 Å². The molecule has 1 aromatic heterocycles. The first-order valence-electron chi connectivity index (χ1n) is 6.34. The Balaban J connectivity index is 2.41. The normalized spacial score (nSPS) is 12.7. The van der Waals surface area contributed by atoms with Crippen LogP contribution >= 0.6 is 11.3 Å². The van der Waals surface area contributed by atoms with Crippen molar-refractivity contribution >= 4 is 11.3 Å².